The first-order valence-corrected chi connectivity index (χ1v) is 5.01. The van der Waals surface area contributed by atoms with Crippen LogP contribution in [0.25, 0.3) is 0 Å². The number of halogens is 2. The van der Waals surface area contributed by atoms with E-state index in [2.05, 4.69) is 0 Å². The van der Waals surface area contributed by atoms with Gasteiger partial charge < -0.3 is 9.84 Å². The second-order valence-electron chi connectivity index (χ2n) is 3.74. The van der Waals surface area contributed by atoms with Crippen molar-refractivity contribution in [1.29, 1.82) is 0 Å². The molecule has 0 saturated carbocycles. The van der Waals surface area contributed by atoms with Gasteiger partial charge in [-0.25, -0.2) is 13.6 Å². The quantitative estimate of drug-likeness (QED) is 0.355. The minimum absolute atomic E-state index is 0.118. The Morgan fingerprint density at radius 1 is 1.41 bits per heavy atom. The van der Waals surface area contributed by atoms with Crippen LogP contribution in [-0.2, 0) is 4.79 Å². The molecule has 1 heterocycles. The third-order valence-corrected chi connectivity index (χ3v) is 2.63. The number of para-hydroxylation sites is 1. The van der Waals surface area contributed by atoms with Crippen molar-refractivity contribution < 1.29 is 23.4 Å². The van der Waals surface area contributed by atoms with Gasteiger partial charge in [0.15, 0.2) is 0 Å². The first-order chi connectivity index (χ1) is 8.02. The molecule has 0 bridgehead atoms. The van der Waals surface area contributed by atoms with E-state index < -0.39 is 24.1 Å². The summed E-state index contributed by atoms with van der Waals surface area (Å²) < 4.78 is 31.0. The summed E-state index contributed by atoms with van der Waals surface area (Å²) in [5.41, 5.74) is -0.163. The monoisotopic (exact) mass is 240 g/mol. The summed E-state index contributed by atoms with van der Waals surface area (Å²) in [6.45, 7) is 1.19. The zero-order valence-electron chi connectivity index (χ0n) is 8.98. The van der Waals surface area contributed by atoms with E-state index in [1.807, 2.05) is 0 Å². The van der Waals surface area contributed by atoms with Gasteiger partial charge in [0, 0.05) is 5.56 Å². The van der Waals surface area contributed by atoms with E-state index in [0.29, 0.717) is 0 Å². The van der Waals surface area contributed by atoms with Crippen LogP contribution in [0.3, 0.4) is 0 Å². The maximum absolute atomic E-state index is 13.0. The van der Waals surface area contributed by atoms with Crippen molar-refractivity contribution >= 4 is 5.97 Å². The fourth-order valence-corrected chi connectivity index (χ4v) is 1.90. The lowest BCUT2D eigenvalue weighted by molar-refractivity contribution is -0.132. The molecule has 1 aromatic rings. The SMILES string of the molecule is C/C(O)=C1/C(=O)Oc2ccccc2C1C(F)F. The minimum Gasteiger partial charge on any atom is -0.512 e. The molecule has 0 aromatic heterocycles. The molecule has 2 rings (SSSR count). The standard InChI is InChI=1S/C12H10F2O3/c1-6(15)9-10(11(13)14)7-4-2-3-5-8(7)17-12(9)16/h2-5,10-11,15H,1H3/b9-6-. The van der Waals surface area contributed by atoms with Crippen molar-refractivity contribution in [3.05, 3.63) is 41.2 Å². The van der Waals surface area contributed by atoms with Gasteiger partial charge in [0.25, 0.3) is 0 Å². The van der Waals surface area contributed by atoms with Gasteiger partial charge in [-0.2, -0.15) is 0 Å². The number of hydrogen-bond donors (Lipinski definition) is 1. The van der Waals surface area contributed by atoms with Gasteiger partial charge >= 0.3 is 5.97 Å². The lowest BCUT2D eigenvalue weighted by atomic mass is 9.88. The van der Waals surface area contributed by atoms with Crippen LogP contribution in [0.15, 0.2) is 35.6 Å². The number of carbonyl (C=O) groups is 1. The average Bonchev–Trinajstić information content (AvgIpc) is 2.26. The Bertz CT molecular complexity index is 490. The predicted octanol–water partition coefficient (Wildman–Crippen LogP) is 2.79. The summed E-state index contributed by atoms with van der Waals surface area (Å²) in [6.07, 6.45) is -2.78. The normalized spacial score (nSPS) is 22.1. The number of ether oxygens (including phenoxy) is 1. The number of carbonyl (C=O) groups excluding carboxylic acids is 1. The molecule has 1 aliphatic heterocycles. The minimum atomic E-state index is -2.78. The van der Waals surface area contributed by atoms with Crippen molar-refractivity contribution in [1.82, 2.24) is 0 Å². The molecule has 5 heteroatoms. The maximum atomic E-state index is 13.0. The summed E-state index contributed by atoms with van der Waals surface area (Å²) >= 11 is 0. The molecule has 0 amide bonds. The van der Waals surface area contributed by atoms with Crippen LogP contribution in [-0.4, -0.2) is 17.5 Å². The fourth-order valence-electron chi connectivity index (χ4n) is 1.90. The molecule has 1 unspecified atom stereocenters. The second-order valence-corrected chi connectivity index (χ2v) is 3.74. The van der Waals surface area contributed by atoms with Crippen molar-refractivity contribution in [2.75, 3.05) is 0 Å². The van der Waals surface area contributed by atoms with E-state index in [1.165, 1.54) is 19.1 Å². The van der Waals surface area contributed by atoms with Gasteiger partial charge in [0.2, 0.25) is 6.43 Å². The molecule has 0 spiro atoms. The lowest BCUT2D eigenvalue weighted by Gasteiger charge is -2.26. The van der Waals surface area contributed by atoms with E-state index >= 15 is 0 Å². The molecule has 3 nitrogen and oxygen atoms in total. The number of rotatable bonds is 1. The molecule has 90 valence electrons. The third-order valence-electron chi connectivity index (χ3n) is 2.63. The number of esters is 1. The van der Waals surface area contributed by atoms with E-state index in [-0.39, 0.29) is 16.9 Å². The lowest BCUT2D eigenvalue weighted by Crippen LogP contribution is -2.28. The van der Waals surface area contributed by atoms with Crippen LogP contribution in [0, 0.1) is 0 Å². The third kappa shape index (κ3) is 1.88. The van der Waals surface area contributed by atoms with Crippen LogP contribution < -0.4 is 4.74 Å². The fraction of sp³-hybridized carbons (Fsp3) is 0.250. The molecule has 1 aliphatic rings. The van der Waals surface area contributed by atoms with Crippen LogP contribution in [0.4, 0.5) is 8.78 Å². The number of alkyl halides is 2. The van der Waals surface area contributed by atoms with Crippen molar-refractivity contribution in [3.63, 3.8) is 0 Å². The first kappa shape index (κ1) is 11.6. The molecule has 17 heavy (non-hydrogen) atoms. The van der Waals surface area contributed by atoms with E-state index in [4.69, 9.17) is 4.74 Å². The Morgan fingerprint density at radius 3 is 2.65 bits per heavy atom. The number of hydrogen-bond acceptors (Lipinski definition) is 3. The van der Waals surface area contributed by atoms with Crippen molar-refractivity contribution in [3.8, 4) is 5.75 Å². The van der Waals surface area contributed by atoms with Crippen molar-refractivity contribution in [2.24, 2.45) is 0 Å². The van der Waals surface area contributed by atoms with Crippen LogP contribution in [0.2, 0.25) is 0 Å². The first-order valence-electron chi connectivity index (χ1n) is 5.01. The molecule has 0 saturated heterocycles. The van der Waals surface area contributed by atoms with Gasteiger partial charge in [0.05, 0.1) is 11.5 Å². The number of aliphatic hydroxyl groups is 1. The zero-order valence-corrected chi connectivity index (χ0v) is 8.98. The molecule has 0 radical (unpaired) electrons. The molecular weight excluding hydrogens is 230 g/mol. The highest BCUT2D eigenvalue weighted by atomic mass is 19.3. The highest BCUT2D eigenvalue weighted by Gasteiger charge is 2.39. The topological polar surface area (TPSA) is 46.5 Å². The molecule has 1 aromatic carbocycles. The van der Waals surface area contributed by atoms with E-state index in [1.54, 1.807) is 12.1 Å². The number of benzene rings is 1. The number of aliphatic hydroxyl groups excluding tert-OH is 1. The Balaban J connectivity index is 2.63. The van der Waals surface area contributed by atoms with Crippen LogP contribution in [0.5, 0.6) is 5.75 Å². The smallest absolute Gasteiger partial charge is 0.343 e. The van der Waals surface area contributed by atoms with Crippen molar-refractivity contribution in [2.45, 2.75) is 19.3 Å². The summed E-state index contributed by atoms with van der Waals surface area (Å²) in [5.74, 6) is -2.67. The molecule has 0 fully saturated rings. The van der Waals surface area contributed by atoms with E-state index in [9.17, 15) is 18.7 Å². The highest BCUT2D eigenvalue weighted by molar-refractivity contribution is 5.94. The molecular formula is C12H10F2O3. The Labute approximate surface area is 96.3 Å². The number of allylic oxidation sites excluding steroid dienone is 1. The molecule has 1 atom stereocenters. The van der Waals surface area contributed by atoms with Gasteiger partial charge in [0.1, 0.15) is 11.5 Å². The maximum Gasteiger partial charge on any atom is 0.343 e. The zero-order chi connectivity index (χ0) is 12.6. The summed E-state index contributed by atoms with van der Waals surface area (Å²) in [6, 6.07) is 6.08. The average molecular weight is 240 g/mol. The molecule has 1 N–H and O–H groups in total. The van der Waals surface area contributed by atoms with Gasteiger partial charge in [-0.3, -0.25) is 0 Å². The second kappa shape index (κ2) is 4.16. The van der Waals surface area contributed by atoms with Gasteiger partial charge in [-0.15, -0.1) is 0 Å². The van der Waals surface area contributed by atoms with E-state index in [0.717, 1.165) is 0 Å². The summed E-state index contributed by atoms with van der Waals surface area (Å²) in [7, 11) is 0. The Morgan fingerprint density at radius 2 is 2.06 bits per heavy atom. The number of fused-ring (bicyclic) bond motifs is 1. The predicted molar refractivity (Wildman–Crippen MR) is 56.2 cm³/mol. The largest absolute Gasteiger partial charge is 0.512 e. The van der Waals surface area contributed by atoms with Crippen LogP contribution >= 0.6 is 0 Å². The summed E-state index contributed by atoms with van der Waals surface area (Å²) in [4.78, 5) is 11.5. The van der Waals surface area contributed by atoms with Crippen LogP contribution in [0.1, 0.15) is 18.4 Å². The highest BCUT2D eigenvalue weighted by Crippen LogP contribution is 2.41. The van der Waals surface area contributed by atoms with Gasteiger partial charge in [-0.05, 0) is 13.0 Å². The Kier molecular flexibility index (Phi) is 2.83. The van der Waals surface area contributed by atoms with Gasteiger partial charge in [-0.1, -0.05) is 18.2 Å². The summed E-state index contributed by atoms with van der Waals surface area (Å²) in [5, 5.41) is 9.34. The Hall–Kier alpha value is -1.91. The molecule has 0 aliphatic carbocycles.